The number of anilines is 1. The quantitative estimate of drug-likeness (QED) is 0.796. The standard InChI is InChI=1S/C14H17N3O/c1-7-5-8(2)10(4)12(9(7)3)13-11(6-18)14(15)17-16-13/h5-6H,1-4H3,(H3,15,16,17). The number of aromatic amines is 1. The molecule has 0 unspecified atom stereocenters. The second-order valence-electron chi connectivity index (χ2n) is 4.65. The maximum Gasteiger partial charge on any atom is 0.156 e. The van der Waals surface area contributed by atoms with Crippen molar-refractivity contribution in [1.82, 2.24) is 10.2 Å². The largest absolute Gasteiger partial charge is 0.382 e. The van der Waals surface area contributed by atoms with Crippen LogP contribution in [0.3, 0.4) is 0 Å². The number of nitrogens with zero attached hydrogens (tertiary/aromatic N) is 1. The van der Waals surface area contributed by atoms with Crippen molar-refractivity contribution in [1.29, 1.82) is 0 Å². The average molecular weight is 243 g/mol. The number of carbonyl (C=O) groups excluding carboxylic acids is 1. The molecule has 1 heterocycles. The molecule has 0 aliphatic carbocycles. The predicted molar refractivity (Wildman–Crippen MR) is 72.8 cm³/mol. The Kier molecular flexibility index (Phi) is 2.95. The molecule has 3 N–H and O–H groups in total. The first-order valence-corrected chi connectivity index (χ1v) is 5.84. The van der Waals surface area contributed by atoms with Gasteiger partial charge in [-0.3, -0.25) is 9.89 Å². The molecule has 0 aliphatic heterocycles. The Balaban J connectivity index is 2.82. The molecule has 0 spiro atoms. The van der Waals surface area contributed by atoms with Gasteiger partial charge in [-0.25, -0.2) is 0 Å². The predicted octanol–water partition coefficient (Wildman–Crippen LogP) is 2.71. The highest BCUT2D eigenvalue weighted by atomic mass is 16.1. The molecule has 4 nitrogen and oxygen atoms in total. The van der Waals surface area contributed by atoms with E-state index in [0.717, 1.165) is 23.0 Å². The van der Waals surface area contributed by atoms with Crippen LogP contribution in [0.4, 0.5) is 5.82 Å². The lowest BCUT2D eigenvalue weighted by atomic mass is 9.91. The molecule has 4 heteroatoms. The Morgan fingerprint density at radius 2 is 1.72 bits per heavy atom. The zero-order valence-corrected chi connectivity index (χ0v) is 11.1. The molecule has 1 aromatic carbocycles. The number of rotatable bonds is 2. The highest BCUT2D eigenvalue weighted by molar-refractivity contribution is 5.93. The van der Waals surface area contributed by atoms with Gasteiger partial charge in [-0.15, -0.1) is 0 Å². The van der Waals surface area contributed by atoms with Gasteiger partial charge < -0.3 is 5.73 Å². The van der Waals surface area contributed by atoms with Gasteiger partial charge in [0.2, 0.25) is 0 Å². The van der Waals surface area contributed by atoms with Gasteiger partial charge in [-0.2, -0.15) is 5.10 Å². The lowest BCUT2D eigenvalue weighted by Gasteiger charge is -2.14. The molecule has 2 rings (SSSR count). The smallest absolute Gasteiger partial charge is 0.156 e. The molecule has 0 amide bonds. The summed E-state index contributed by atoms with van der Waals surface area (Å²) in [4.78, 5) is 11.1. The van der Waals surface area contributed by atoms with Crippen molar-refractivity contribution in [2.75, 3.05) is 5.73 Å². The number of aldehydes is 1. The van der Waals surface area contributed by atoms with E-state index in [4.69, 9.17) is 5.73 Å². The Labute approximate surface area is 106 Å². The van der Waals surface area contributed by atoms with Crippen LogP contribution in [0.15, 0.2) is 6.07 Å². The molecule has 18 heavy (non-hydrogen) atoms. The van der Waals surface area contributed by atoms with Crippen molar-refractivity contribution in [3.8, 4) is 11.3 Å². The molecule has 2 aromatic rings. The van der Waals surface area contributed by atoms with E-state index in [1.54, 1.807) is 0 Å². The van der Waals surface area contributed by atoms with Gasteiger partial charge in [0.1, 0.15) is 0 Å². The minimum atomic E-state index is 0.248. The van der Waals surface area contributed by atoms with Crippen LogP contribution in [-0.2, 0) is 0 Å². The van der Waals surface area contributed by atoms with Gasteiger partial charge in [0, 0.05) is 5.56 Å². The topological polar surface area (TPSA) is 71.8 Å². The molecule has 0 saturated carbocycles. The number of hydrogen-bond donors (Lipinski definition) is 2. The van der Waals surface area contributed by atoms with Crippen molar-refractivity contribution in [3.63, 3.8) is 0 Å². The van der Waals surface area contributed by atoms with E-state index < -0.39 is 0 Å². The van der Waals surface area contributed by atoms with E-state index in [1.807, 2.05) is 13.8 Å². The highest BCUT2D eigenvalue weighted by Gasteiger charge is 2.17. The number of nitrogen functional groups attached to an aromatic ring is 1. The second kappa shape index (κ2) is 4.29. The summed E-state index contributed by atoms with van der Waals surface area (Å²) in [7, 11) is 0. The zero-order valence-electron chi connectivity index (χ0n) is 11.1. The summed E-state index contributed by atoms with van der Waals surface area (Å²) in [5.41, 5.74) is 12.5. The lowest BCUT2D eigenvalue weighted by molar-refractivity contribution is 0.112. The van der Waals surface area contributed by atoms with Crippen molar-refractivity contribution in [2.24, 2.45) is 0 Å². The molecular formula is C14H17N3O. The summed E-state index contributed by atoms with van der Waals surface area (Å²) in [5.74, 6) is 0.248. The fraction of sp³-hybridized carbons (Fsp3) is 0.286. The van der Waals surface area contributed by atoms with Crippen LogP contribution >= 0.6 is 0 Å². The molecule has 0 radical (unpaired) electrons. The fourth-order valence-corrected chi connectivity index (χ4v) is 2.27. The Bertz CT molecular complexity index is 600. The van der Waals surface area contributed by atoms with Gasteiger partial charge in [-0.1, -0.05) is 6.07 Å². The molecule has 0 fully saturated rings. The highest BCUT2D eigenvalue weighted by Crippen LogP contribution is 2.33. The Morgan fingerprint density at radius 3 is 2.22 bits per heavy atom. The molecule has 1 aromatic heterocycles. The third-order valence-corrected chi connectivity index (χ3v) is 3.57. The van der Waals surface area contributed by atoms with Crippen LogP contribution in [0.1, 0.15) is 32.6 Å². The number of hydrogen-bond acceptors (Lipinski definition) is 3. The van der Waals surface area contributed by atoms with Crippen molar-refractivity contribution in [3.05, 3.63) is 33.9 Å². The van der Waals surface area contributed by atoms with Gasteiger partial charge >= 0.3 is 0 Å². The van der Waals surface area contributed by atoms with Crippen LogP contribution in [0.5, 0.6) is 0 Å². The first kappa shape index (κ1) is 12.4. The van der Waals surface area contributed by atoms with Gasteiger partial charge in [0.15, 0.2) is 12.1 Å². The minimum Gasteiger partial charge on any atom is -0.382 e. The van der Waals surface area contributed by atoms with E-state index in [0.29, 0.717) is 11.3 Å². The van der Waals surface area contributed by atoms with E-state index in [1.165, 1.54) is 11.1 Å². The number of benzene rings is 1. The molecule has 0 aliphatic rings. The van der Waals surface area contributed by atoms with Crippen LogP contribution in [0.2, 0.25) is 0 Å². The molecule has 94 valence electrons. The molecular weight excluding hydrogens is 226 g/mol. The molecule has 0 saturated heterocycles. The maximum absolute atomic E-state index is 11.1. The summed E-state index contributed by atoms with van der Waals surface area (Å²) in [6.45, 7) is 8.21. The van der Waals surface area contributed by atoms with Crippen molar-refractivity contribution >= 4 is 12.1 Å². The number of nitrogens with one attached hydrogen (secondary N) is 1. The molecule has 0 bridgehead atoms. The van der Waals surface area contributed by atoms with Crippen molar-refractivity contribution in [2.45, 2.75) is 27.7 Å². The van der Waals surface area contributed by atoms with Gasteiger partial charge in [-0.05, 0) is 49.9 Å². The van der Waals surface area contributed by atoms with Crippen LogP contribution in [0, 0.1) is 27.7 Å². The second-order valence-corrected chi connectivity index (χ2v) is 4.65. The van der Waals surface area contributed by atoms with E-state index in [9.17, 15) is 4.79 Å². The van der Waals surface area contributed by atoms with E-state index in [2.05, 4.69) is 30.1 Å². The molecule has 0 atom stereocenters. The summed E-state index contributed by atoms with van der Waals surface area (Å²) in [6, 6.07) is 2.15. The number of aromatic nitrogens is 2. The Morgan fingerprint density at radius 1 is 1.17 bits per heavy atom. The fourth-order valence-electron chi connectivity index (χ4n) is 2.27. The minimum absolute atomic E-state index is 0.248. The van der Waals surface area contributed by atoms with Crippen LogP contribution in [-0.4, -0.2) is 16.5 Å². The zero-order chi connectivity index (χ0) is 13.4. The summed E-state index contributed by atoms with van der Waals surface area (Å²) >= 11 is 0. The number of H-pyrrole nitrogens is 1. The maximum atomic E-state index is 11.1. The third kappa shape index (κ3) is 1.70. The number of nitrogens with two attached hydrogens (primary N) is 1. The van der Waals surface area contributed by atoms with E-state index >= 15 is 0 Å². The van der Waals surface area contributed by atoms with Crippen LogP contribution < -0.4 is 5.73 Å². The number of carbonyl (C=O) groups is 1. The third-order valence-electron chi connectivity index (χ3n) is 3.57. The monoisotopic (exact) mass is 243 g/mol. The SMILES string of the molecule is Cc1cc(C)c(C)c(-c2[nH]nc(N)c2C=O)c1C. The lowest BCUT2D eigenvalue weighted by Crippen LogP contribution is -1.98. The first-order chi connectivity index (χ1) is 8.47. The Hall–Kier alpha value is -2.10. The number of aryl methyl sites for hydroxylation is 2. The van der Waals surface area contributed by atoms with Crippen molar-refractivity contribution < 1.29 is 4.79 Å². The first-order valence-electron chi connectivity index (χ1n) is 5.84. The summed E-state index contributed by atoms with van der Waals surface area (Å²) < 4.78 is 0. The summed E-state index contributed by atoms with van der Waals surface area (Å²) in [6.07, 6.45) is 0.755. The van der Waals surface area contributed by atoms with Crippen LogP contribution in [0.25, 0.3) is 11.3 Å². The van der Waals surface area contributed by atoms with Gasteiger partial charge in [0.25, 0.3) is 0 Å². The van der Waals surface area contributed by atoms with Gasteiger partial charge in [0.05, 0.1) is 11.3 Å². The summed E-state index contributed by atoms with van der Waals surface area (Å²) in [5, 5.41) is 6.80. The van der Waals surface area contributed by atoms with E-state index in [-0.39, 0.29) is 5.82 Å². The average Bonchev–Trinajstić information content (AvgIpc) is 2.68. The normalized spacial score (nSPS) is 10.7.